The van der Waals surface area contributed by atoms with Gasteiger partial charge in [0.2, 0.25) is 0 Å². The molecule has 0 fully saturated rings. The zero-order valence-electron chi connectivity index (χ0n) is 10.4. The van der Waals surface area contributed by atoms with Crippen LogP contribution in [0.2, 0.25) is 0 Å². The minimum absolute atomic E-state index is 0.134. The molecule has 0 rings (SSSR count). The Kier molecular flexibility index (Phi) is 3.95. The molecule has 0 bridgehead atoms. The molecule has 13 heavy (non-hydrogen) atoms. The van der Waals surface area contributed by atoms with Gasteiger partial charge >= 0.3 is 0 Å². The molecule has 0 saturated carbocycles. The summed E-state index contributed by atoms with van der Waals surface area (Å²) in [6, 6.07) is 0. The minimum Gasteiger partial charge on any atom is -0.293 e. The van der Waals surface area contributed by atoms with Crippen LogP contribution in [0.4, 0.5) is 0 Å². The molecule has 0 radical (unpaired) electrons. The van der Waals surface area contributed by atoms with Crippen LogP contribution in [0, 0.1) is 11.3 Å². The topological polar surface area (TPSA) is 12.5 Å². The Morgan fingerprint density at radius 2 is 1.38 bits per heavy atom. The van der Waals surface area contributed by atoms with E-state index in [-0.39, 0.29) is 11.0 Å². The Labute approximate surface area is 83.2 Å². The van der Waals surface area contributed by atoms with Crippen LogP contribution >= 0.6 is 0 Å². The second kappa shape index (κ2) is 3.97. The van der Waals surface area contributed by atoms with E-state index >= 15 is 0 Å². The molecule has 2 nitrogen and oxygen atoms in total. The standard InChI is InChI=1S/C11H25NO/c1-9(2)10(3,4)11(5,6)13-12(7)8/h9H,1-8H3. The summed E-state index contributed by atoms with van der Waals surface area (Å²) in [5.74, 6) is 0.599. The van der Waals surface area contributed by atoms with Crippen molar-refractivity contribution >= 4 is 0 Å². The number of hydroxylamine groups is 2. The molecular formula is C11H25NO. The van der Waals surface area contributed by atoms with Crippen molar-refractivity contribution in [2.24, 2.45) is 11.3 Å². The van der Waals surface area contributed by atoms with Gasteiger partial charge in [-0.05, 0) is 25.2 Å². The summed E-state index contributed by atoms with van der Waals surface area (Å²) in [7, 11) is 3.86. The van der Waals surface area contributed by atoms with Crippen molar-refractivity contribution in [3.63, 3.8) is 0 Å². The summed E-state index contributed by atoms with van der Waals surface area (Å²) < 4.78 is 0. The van der Waals surface area contributed by atoms with Crippen molar-refractivity contribution < 1.29 is 4.84 Å². The molecule has 0 aromatic heterocycles. The maximum Gasteiger partial charge on any atom is 0.0896 e. The van der Waals surface area contributed by atoms with Crippen molar-refractivity contribution in [3.8, 4) is 0 Å². The molecule has 0 aromatic carbocycles. The highest BCUT2D eigenvalue weighted by Gasteiger charge is 2.41. The third kappa shape index (κ3) is 2.96. The van der Waals surface area contributed by atoms with E-state index in [1.165, 1.54) is 0 Å². The van der Waals surface area contributed by atoms with Gasteiger partial charge in [0.15, 0.2) is 0 Å². The first-order chi connectivity index (χ1) is 5.61. The second-order valence-electron chi connectivity index (χ2n) is 5.29. The van der Waals surface area contributed by atoms with E-state index in [9.17, 15) is 0 Å². The predicted octanol–water partition coefficient (Wildman–Crippen LogP) is 2.94. The molecule has 0 unspecified atom stereocenters. The van der Waals surface area contributed by atoms with Crippen LogP contribution in [0.5, 0.6) is 0 Å². The SMILES string of the molecule is CC(C)C(C)(C)C(C)(C)ON(C)C. The molecular weight excluding hydrogens is 162 g/mol. The third-order valence-corrected chi connectivity index (χ3v) is 3.41. The Morgan fingerprint density at radius 1 is 1.00 bits per heavy atom. The van der Waals surface area contributed by atoms with E-state index in [1.54, 1.807) is 5.06 Å². The Balaban J connectivity index is 4.60. The van der Waals surface area contributed by atoms with Gasteiger partial charge in [-0.15, -0.1) is 0 Å². The number of hydrogen-bond acceptors (Lipinski definition) is 2. The molecule has 0 N–H and O–H groups in total. The summed E-state index contributed by atoms with van der Waals surface area (Å²) in [6.07, 6.45) is 0. The molecule has 80 valence electrons. The number of rotatable bonds is 4. The van der Waals surface area contributed by atoms with Gasteiger partial charge in [-0.3, -0.25) is 4.84 Å². The zero-order valence-corrected chi connectivity index (χ0v) is 10.4. The highest BCUT2D eigenvalue weighted by Crippen LogP contribution is 2.40. The van der Waals surface area contributed by atoms with E-state index in [2.05, 4.69) is 41.5 Å². The van der Waals surface area contributed by atoms with Gasteiger partial charge in [-0.2, -0.15) is 5.06 Å². The molecule has 2 heteroatoms. The number of hydrogen-bond donors (Lipinski definition) is 0. The van der Waals surface area contributed by atoms with Gasteiger partial charge in [0.05, 0.1) is 5.60 Å². The van der Waals surface area contributed by atoms with Crippen LogP contribution in [-0.4, -0.2) is 24.8 Å². The number of nitrogens with zero attached hydrogens (tertiary/aromatic N) is 1. The smallest absolute Gasteiger partial charge is 0.0896 e. The fourth-order valence-corrected chi connectivity index (χ4v) is 1.27. The molecule has 0 aliphatic rings. The first-order valence-electron chi connectivity index (χ1n) is 4.97. The summed E-state index contributed by atoms with van der Waals surface area (Å²) in [5, 5.41) is 1.78. The fraction of sp³-hybridized carbons (Fsp3) is 1.00. The lowest BCUT2D eigenvalue weighted by molar-refractivity contribution is -0.252. The fourth-order valence-electron chi connectivity index (χ4n) is 1.27. The average Bonchev–Trinajstić information content (AvgIpc) is 1.83. The molecule has 0 spiro atoms. The zero-order chi connectivity index (χ0) is 10.9. The van der Waals surface area contributed by atoms with Crippen molar-refractivity contribution in [2.75, 3.05) is 14.1 Å². The van der Waals surface area contributed by atoms with Crippen LogP contribution in [0.25, 0.3) is 0 Å². The minimum atomic E-state index is -0.134. The van der Waals surface area contributed by atoms with Crippen molar-refractivity contribution in [1.82, 2.24) is 5.06 Å². The quantitative estimate of drug-likeness (QED) is 0.627. The maximum absolute atomic E-state index is 5.80. The largest absolute Gasteiger partial charge is 0.293 e. The van der Waals surface area contributed by atoms with Crippen LogP contribution < -0.4 is 0 Å². The van der Waals surface area contributed by atoms with Gasteiger partial charge in [-0.1, -0.05) is 27.7 Å². The van der Waals surface area contributed by atoms with E-state index in [4.69, 9.17) is 4.84 Å². The van der Waals surface area contributed by atoms with E-state index in [1.807, 2.05) is 14.1 Å². The van der Waals surface area contributed by atoms with Gasteiger partial charge in [0.25, 0.3) is 0 Å². The Hall–Kier alpha value is -0.0800. The molecule has 0 aromatic rings. The molecule has 0 saturated heterocycles. The lowest BCUT2D eigenvalue weighted by Crippen LogP contribution is -2.47. The average molecular weight is 187 g/mol. The first kappa shape index (κ1) is 12.9. The first-order valence-corrected chi connectivity index (χ1v) is 4.97. The van der Waals surface area contributed by atoms with Crippen LogP contribution in [-0.2, 0) is 4.84 Å². The summed E-state index contributed by atoms with van der Waals surface area (Å²) >= 11 is 0. The summed E-state index contributed by atoms with van der Waals surface area (Å²) in [6.45, 7) is 13.3. The third-order valence-electron chi connectivity index (χ3n) is 3.41. The Morgan fingerprint density at radius 3 is 1.62 bits per heavy atom. The molecule has 0 amide bonds. The van der Waals surface area contributed by atoms with Gasteiger partial charge in [0, 0.05) is 14.1 Å². The van der Waals surface area contributed by atoms with Gasteiger partial charge < -0.3 is 0 Å². The monoisotopic (exact) mass is 187 g/mol. The van der Waals surface area contributed by atoms with E-state index < -0.39 is 0 Å². The van der Waals surface area contributed by atoms with Gasteiger partial charge in [-0.25, -0.2) is 0 Å². The maximum atomic E-state index is 5.80. The second-order valence-corrected chi connectivity index (χ2v) is 5.29. The summed E-state index contributed by atoms with van der Waals surface area (Å²) in [5.41, 5.74) is 0.0297. The van der Waals surface area contributed by atoms with Crippen LogP contribution in [0.1, 0.15) is 41.5 Å². The molecule has 0 aliphatic heterocycles. The Bertz CT molecular complexity index is 159. The molecule has 0 heterocycles. The van der Waals surface area contributed by atoms with E-state index in [0.717, 1.165) is 0 Å². The van der Waals surface area contributed by atoms with Crippen molar-refractivity contribution in [1.29, 1.82) is 0 Å². The lowest BCUT2D eigenvalue weighted by atomic mass is 9.69. The van der Waals surface area contributed by atoms with Gasteiger partial charge in [0.1, 0.15) is 0 Å². The van der Waals surface area contributed by atoms with Crippen molar-refractivity contribution in [2.45, 2.75) is 47.1 Å². The van der Waals surface area contributed by atoms with Crippen molar-refractivity contribution in [3.05, 3.63) is 0 Å². The van der Waals surface area contributed by atoms with Crippen LogP contribution in [0.3, 0.4) is 0 Å². The summed E-state index contributed by atoms with van der Waals surface area (Å²) in [4.78, 5) is 5.80. The normalized spacial score (nSPS) is 14.3. The lowest BCUT2D eigenvalue weighted by Gasteiger charge is -2.45. The molecule has 0 atom stereocenters. The van der Waals surface area contributed by atoms with E-state index in [0.29, 0.717) is 5.92 Å². The van der Waals surface area contributed by atoms with Crippen LogP contribution in [0.15, 0.2) is 0 Å². The molecule has 0 aliphatic carbocycles. The predicted molar refractivity (Wildman–Crippen MR) is 57.5 cm³/mol. The highest BCUT2D eigenvalue weighted by molar-refractivity contribution is 4.89. The highest BCUT2D eigenvalue weighted by atomic mass is 16.7.